The predicted octanol–water partition coefficient (Wildman–Crippen LogP) is 3.14. The van der Waals surface area contributed by atoms with Crippen LogP contribution in [0.5, 0.6) is 5.75 Å². The van der Waals surface area contributed by atoms with Crippen molar-refractivity contribution < 1.29 is 9.53 Å². The maximum Gasteiger partial charge on any atom is 0.251 e. The quantitative estimate of drug-likeness (QED) is 0.608. The molecule has 0 aliphatic heterocycles. The van der Waals surface area contributed by atoms with Gasteiger partial charge in [0.25, 0.3) is 5.91 Å². The van der Waals surface area contributed by atoms with E-state index in [2.05, 4.69) is 15.3 Å². The fourth-order valence-corrected chi connectivity index (χ4v) is 3.05. The molecule has 2 aromatic heterocycles. The highest BCUT2D eigenvalue weighted by Gasteiger charge is 2.10. The largest absolute Gasteiger partial charge is 0.496 e. The van der Waals surface area contributed by atoms with Gasteiger partial charge in [0.2, 0.25) is 0 Å². The number of carbonyl (C=O) groups is 1. The smallest absolute Gasteiger partial charge is 0.251 e. The number of carbonyl (C=O) groups excluding carboxylic acids is 1. The summed E-state index contributed by atoms with van der Waals surface area (Å²) in [5.74, 6) is 1.51. The normalized spacial score (nSPS) is 10.4. The van der Waals surface area contributed by atoms with Crippen molar-refractivity contribution in [3.05, 3.63) is 83.8 Å². The lowest BCUT2D eigenvalue weighted by molar-refractivity contribution is 0.0954. The van der Waals surface area contributed by atoms with Crippen LogP contribution in [0.1, 0.15) is 21.5 Å². The second-order valence-corrected chi connectivity index (χ2v) is 6.75. The Labute approximate surface area is 171 Å². The third-order valence-corrected chi connectivity index (χ3v) is 4.76. The number of pyridine rings is 2. The van der Waals surface area contributed by atoms with Gasteiger partial charge in [-0.3, -0.25) is 9.78 Å². The van der Waals surface area contributed by atoms with Crippen molar-refractivity contribution >= 4 is 11.7 Å². The molecule has 2 heterocycles. The molecule has 0 atom stereocenters. The number of hydrogen-bond acceptors (Lipinski definition) is 5. The van der Waals surface area contributed by atoms with Crippen LogP contribution in [0.25, 0.3) is 0 Å². The number of methoxy groups -OCH3 is 1. The number of amides is 1. The van der Waals surface area contributed by atoms with Crippen LogP contribution >= 0.6 is 0 Å². The Morgan fingerprint density at radius 1 is 1.07 bits per heavy atom. The van der Waals surface area contributed by atoms with Gasteiger partial charge in [-0.25, -0.2) is 4.98 Å². The zero-order valence-corrected chi connectivity index (χ0v) is 16.8. The van der Waals surface area contributed by atoms with Gasteiger partial charge >= 0.3 is 0 Å². The SMILES string of the molecule is COc1ccccc1CCNC(=O)c1ccnc(N(C)CCc2ccncc2)c1. The molecule has 0 unspecified atom stereocenters. The maximum atomic E-state index is 12.5. The molecule has 3 rings (SSSR count). The van der Waals surface area contributed by atoms with Gasteiger partial charge in [-0.1, -0.05) is 18.2 Å². The van der Waals surface area contributed by atoms with E-state index < -0.39 is 0 Å². The molecule has 0 bridgehead atoms. The van der Waals surface area contributed by atoms with E-state index in [-0.39, 0.29) is 5.91 Å². The molecule has 1 amide bonds. The molecule has 0 spiro atoms. The van der Waals surface area contributed by atoms with Crippen LogP contribution in [-0.2, 0) is 12.8 Å². The predicted molar refractivity (Wildman–Crippen MR) is 114 cm³/mol. The minimum absolute atomic E-state index is 0.105. The third kappa shape index (κ3) is 5.78. The number of para-hydroxylation sites is 1. The fourth-order valence-electron chi connectivity index (χ4n) is 3.05. The van der Waals surface area contributed by atoms with E-state index in [1.54, 1.807) is 31.8 Å². The summed E-state index contributed by atoms with van der Waals surface area (Å²) < 4.78 is 5.35. The van der Waals surface area contributed by atoms with E-state index in [0.29, 0.717) is 18.5 Å². The molecule has 3 aromatic rings. The summed E-state index contributed by atoms with van der Waals surface area (Å²) in [6.07, 6.45) is 6.86. The zero-order chi connectivity index (χ0) is 20.5. The summed E-state index contributed by atoms with van der Waals surface area (Å²) in [6, 6.07) is 15.4. The Morgan fingerprint density at radius 2 is 1.86 bits per heavy atom. The number of hydrogen-bond donors (Lipinski definition) is 1. The van der Waals surface area contributed by atoms with Gasteiger partial charge < -0.3 is 15.0 Å². The third-order valence-electron chi connectivity index (χ3n) is 4.76. The molecule has 0 saturated heterocycles. The number of aromatic nitrogens is 2. The summed E-state index contributed by atoms with van der Waals surface area (Å²) in [5.41, 5.74) is 2.89. The lowest BCUT2D eigenvalue weighted by Crippen LogP contribution is -2.27. The molecule has 150 valence electrons. The summed E-state index contributed by atoms with van der Waals surface area (Å²) in [4.78, 5) is 23.0. The molecule has 6 heteroatoms. The van der Waals surface area contributed by atoms with E-state index in [9.17, 15) is 4.79 Å². The van der Waals surface area contributed by atoms with Gasteiger partial charge in [0.05, 0.1) is 7.11 Å². The van der Waals surface area contributed by atoms with Crippen LogP contribution in [0.4, 0.5) is 5.82 Å². The molecule has 1 N–H and O–H groups in total. The van der Waals surface area contributed by atoms with Crippen LogP contribution in [0, 0.1) is 0 Å². The van der Waals surface area contributed by atoms with E-state index in [0.717, 1.165) is 30.1 Å². The number of anilines is 1. The van der Waals surface area contributed by atoms with E-state index in [1.165, 1.54) is 5.56 Å². The van der Waals surface area contributed by atoms with E-state index in [4.69, 9.17) is 4.74 Å². The minimum Gasteiger partial charge on any atom is -0.496 e. The highest BCUT2D eigenvalue weighted by Crippen LogP contribution is 2.17. The molecular weight excluding hydrogens is 364 g/mol. The van der Waals surface area contributed by atoms with Crippen LogP contribution in [0.15, 0.2) is 67.1 Å². The number of nitrogens with one attached hydrogen (secondary N) is 1. The molecule has 0 aliphatic carbocycles. The summed E-state index contributed by atoms with van der Waals surface area (Å²) in [5, 5.41) is 2.98. The number of likely N-dealkylation sites (N-methyl/N-ethyl adjacent to an activating group) is 1. The number of ether oxygens (including phenoxy) is 1. The average molecular weight is 390 g/mol. The molecule has 0 fully saturated rings. The van der Waals surface area contributed by atoms with Crippen LogP contribution in [-0.4, -0.2) is 43.1 Å². The van der Waals surface area contributed by atoms with Crippen molar-refractivity contribution in [1.82, 2.24) is 15.3 Å². The molecular formula is C23H26N4O2. The van der Waals surface area contributed by atoms with Gasteiger partial charge in [0.1, 0.15) is 11.6 Å². The van der Waals surface area contributed by atoms with Crippen molar-refractivity contribution in [2.75, 3.05) is 32.1 Å². The topological polar surface area (TPSA) is 67.3 Å². The van der Waals surface area contributed by atoms with Crippen molar-refractivity contribution in [2.24, 2.45) is 0 Å². The minimum atomic E-state index is -0.105. The van der Waals surface area contributed by atoms with Gasteiger partial charge in [0, 0.05) is 44.3 Å². The second kappa shape index (κ2) is 10.2. The maximum absolute atomic E-state index is 12.5. The first kappa shape index (κ1) is 20.3. The van der Waals surface area contributed by atoms with Gasteiger partial charge in [-0.2, -0.15) is 0 Å². The first-order chi connectivity index (χ1) is 14.2. The van der Waals surface area contributed by atoms with Crippen molar-refractivity contribution in [2.45, 2.75) is 12.8 Å². The molecule has 0 saturated carbocycles. The monoisotopic (exact) mass is 390 g/mol. The lowest BCUT2D eigenvalue weighted by Gasteiger charge is -2.18. The highest BCUT2D eigenvalue weighted by molar-refractivity contribution is 5.94. The molecule has 0 radical (unpaired) electrons. The van der Waals surface area contributed by atoms with Crippen LogP contribution in [0.3, 0.4) is 0 Å². The number of benzene rings is 1. The zero-order valence-electron chi connectivity index (χ0n) is 16.8. The van der Waals surface area contributed by atoms with Crippen LogP contribution in [0.2, 0.25) is 0 Å². The number of rotatable bonds is 9. The van der Waals surface area contributed by atoms with Gasteiger partial charge in [-0.15, -0.1) is 0 Å². The Hall–Kier alpha value is -3.41. The molecule has 0 aliphatic rings. The Bertz CT molecular complexity index is 931. The van der Waals surface area contributed by atoms with Gasteiger partial charge in [0.15, 0.2) is 0 Å². The molecule has 6 nitrogen and oxygen atoms in total. The van der Waals surface area contributed by atoms with E-state index >= 15 is 0 Å². The Kier molecular flexibility index (Phi) is 7.16. The highest BCUT2D eigenvalue weighted by atomic mass is 16.5. The second-order valence-electron chi connectivity index (χ2n) is 6.75. The Morgan fingerprint density at radius 3 is 2.66 bits per heavy atom. The van der Waals surface area contributed by atoms with Crippen molar-refractivity contribution in [3.8, 4) is 5.75 Å². The number of nitrogens with zero attached hydrogens (tertiary/aromatic N) is 3. The summed E-state index contributed by atoms with van der Waals surface area (Å²) in [7, 11) is 3.63. The van der Waals surface area contributed by atoms with Gasteiger partial charge in [-0.05, 0) is 54.3 Å². The fraction of sp³-hybridized carbons (Fsp3) is 0.261. The Balaban J connectivity index is 1.54. The average Bonchev–Trinajstić information content (AvgIpc) is 2.78. The van der Waals surface area contributed by atoms with E-state index in [1.807, 2.05) is 54.4 Å². The standard InChI is InChI=1S/C23H26N4O2/c1-27(16-11-18-7-12-24-13-8-18)22-17-20(10-14-25-22)23(28)26-15-9-19-5-3-4-6-21(19)29-2/h3-8,10,12-14,17H,9,11,15-16H2,1-2H3,(H,26,28). The van der Waals surface area contributed by atoms with Crippen LogP contribution < -0.4 is 15.0 Å². The summed E-state index contributed by atoms with van der Waals surface area (Å²) in [6.45, 7) is 1.34. The molecule has 29 heavy (non-hydrogen) atoms. The van der Waals surface area contributed by atoms with Crippen molar-refractivity contribution in [1.29, 1.82) is 0 Å². The van der Waals surface area contributed by atoms with Crippen molar-refractivity contribution in [3.63, 3.8) is 0 Å². The first-order valence-electron chi connectivity index (χ1n) is 9.63. The summed E-state index contributed by atoms with van der Waals surface area (Å²) >= 11 is 0. The lowest BCUT2D eigenvalue weighted by atomic mass is 10.1. The molecule has 1 aromatic carbocycles. The first-order valence-corrected chi connectivity index (χ1v) is 9.63.